The van der Waals surface area contributed by atoms with Crippen LogP contribution in [0.1, 0.15) is 11.1 Å². The van der Waals surface area contributed by atoms with Crippen LogP contribution >= 0.6 is 0 Å². The van der Waals surface area contributed by atoms with E-state index in [0.29, 0.717) is 22.6 Å². The lowest BCUT2D eigenvalue weighted by atomic mass is 10.0. The van der Waals surface area contributed by atoms with Crippen molar-refractivity contribution in [3.05, 3.63) is 59.4 Å². The van der Waals surface area contributed by atoms with Gasteiger partial charge in [0.15, 0.2) is 0 Å². The number of benzene rings is 2. The van der Waals surface area contributed by atoms with Gasteiger partial charge in [-0.05, 0) is 30.3 Å². The average Bonchev–Trinajstić information content (AvgIpc) is 2.76. The molecular weight excluding hydrogens is 257 g/mol. The Morgan fingerprint density at radius 3 is 2.80 bits per heavy atom. The number of amides is 1. The second kappa shape index (κ2) is 4.81. The van der Waals surface area contributed by atoms with Gasteiger partial charge in [-0.1, -0.05) is 18.2 Å². The van der Waals surface area contributed by atoms with E-state index in [0.717, 1.165) is 5.56 Å². The van der Waals surface area contributed by atoms with E-state index in [1.165, 1.54) is 12.1 Å². The molecular formula is C16H12FNO2. The van der Waals surface area contributed by atoms with Gasteiger partial charge in [0.05, 0.1) is 7.11 Å². The number of fused-ring (bicyclic) bond motifs is 1. The van der Waals surface area contributed by atoms with E-state index < -0.39 is 0 Å². The molecule has 20 heavy (non-hydrogen) atoms. The van der Waals surface area contributed by atoms with Crippen molar-refractivity contribution in [3.63, 3.8) is 0 Å². The minimum absolute atomic E-state index is 0.239. The third-order valence-corrected chi connectivity index (χ3v) is 3.20. The number of ether oxygens (including phenoxy) is 1. The smallest absolute Gasteiger partial charge is 0.256 e. The lowest BCUT2D eigenvalue weighted by Gasteiger charge is -2.05. The lowest BCUT2D eigenvalue weighted by molar-refractivity contribution is -0.110. The van der Waals surface area contributed by atoms with Crippen molar-refractivity contribution in [2.24, 2.45) is 0 Å². The molecule has 2 aromatic carbocycles. The van der Waals surface area contributed by atoms with Crippen molar-refractivity contribution in [1.29, 1.82) is 0 Å². The second-order valence-corrected chi connectivity index (χ2v) is 4.44. The first-order chi connectivity index (χ1) is 9.69. The van der Waals surface area contributed by atoms with Crippen molar-refractivity contribution >= 4 is 23.2 Å². The molecule has 3 rings (SSSR count). The topological polar surface area (TPSA) is 38.3 Å². The fourth-order valence-corrected chi connectivity index (χ4v) is 2.24. The van der Waals surface area contributed by atoms with Gasteiger partial charge < -0.3 is 10.1 Å². The molecule has 2 aromatic rings. The second-order valence-electron chi connectivity index (χ2n) is 4.44. The highest BCUT2D eigenvalue weighted by atomic mass is 19.1. The Morgan fingerprint density at radius 2 is 2.00 bits per heavy atom. The lowest BCUT2D eigenvalue weighted by Crippen LogP contribution is -2.03. The van der Waals surface area contributed by atoms with Gasteiger partial charge in [-0.25, -0.2) is 4.39 Å². The molecule has 1 N–H and O–H groups in total. The SMILES string of the molecule is COc1ccccc1/C=C1\C(=O)Nc2ccc(F)cc21. The van der Waals surface area contributed by atoms with Crippen LogP contribution < -0.4 is 10.1 Å². The van der Waals surface area contributed by atoms with Crippen LogP contribution in [-0.2, 0) is 4.79 Å². The number of hydrogen-bond acceptors (Lipinski definition) is 2. The van der Waals surface area contributed by atoms with Gasteiger partial charge in [0.25, 0.3) is 5.91 Å². The van der Waals surface area contributed by atoms with Gasteiger partial charge >= 0.3 is 0 Å². The van der Waals surface area contributed by atoms with Crippen molar-refractivity contribution in [2.75, 3.05) is 12.4 Å². The summed E-state index contributed by atoms with van der Waals surface area (Å²) in [5.74, 6) is 0.0559. The number of halogens is 1. The Labute approximate surface area is 115 Å². The Hall–Kier alpha value is -2.62. The van der Waals surface area contributed by atoms with Crippen LogP contribution in [0.5, 0.6) is 5.75 Å². The minimum atomic E-state index is -0.369. The molecule has 1 heterocycles. The number of para-hydroxylation sites is 1. The molecule has 0 radical (unpaired) electrons. The van der Waals surface area contributed by atoms with Gasteiger partial charge in [0.2, 0.25) is 0 Å². The van der Waals surface area contributed by atoms with Crippen molar-refractivity contribution in [1.82, 2.24) is 0 Å². The molecule has 0 bridgehead atoms. The molecule has 0 unspecified atom stereocenters. The van der Waals surface area contributed by atoms with Gasteiger partial charge in [-0.15, -0.1) is 0 Å². The third-order valence-electron chi connectivity index (χ3n) is 3.20. The standard InChI is InChI=1S/C16H12FNO2/c1-20-15-5-3-2-4-10(15)8-13-12-9-11(17)6-7-14(12)18-16(13)19/h2-9H,1H3,(H,18,19)/b13-8-. The highest BCUT2D eigenvalue weighted by Gasteiger charge is 2.24. The fraction of sp³-hybridized carbons (Fsp3) is 0.0625. The Kier molecular flexibility index (Phi) is 2.99. The third kappa shape index (κ3) is 2.05. The zero-order chi connectivity index (χ0) is 14.1. The number of carbonyl (C=O) groups is 1. The summed E-state index contributed by atoms with van der Waals surface area (Å²) in [4.78, 5) is 12.0. The molecule has 0 spiro atoms. The zero-order valence-electron chi connectivity index (χ0n) is 10.8. The number of rotatable bonds is 2. The summed E-state index contributed by atoms with van der Waals surface area (Å²) in [6.45, 7) is 0. The van der Waals surface area contributed by atoms with Crippen LogP contribution in [0, 0.1) is 5.82 Å². The number of carbonyl (C=O) groups excluding carboxylic acids is 1. The van der Waals surface area contributed by atoms with Gasteiger partial charge in [0.1, 0.15) is 11.6 Å². The number of hydrogen-bond donors (Lipinski definition) is 1. The number of nitrogens with one attached hydrogen (secondary N) is 1. The Bertz CT molecular complexity index is 722. The van der Waals surface area contributed by atoms with Gasteiger partial charge in [-0.3, -0.25) is 4.79 Å². The molecule has 0 fully saturated rings. The first-order valence-electron chi connectivity index (χ1n) is 6.15. The average molecular weight is 269 g/mol. The highest BCUT2D eigenvalue weighted by molar-refractivity contribution is 6.35. The molecule has 0 aliphatic carbocycles. The molecule has 0 saturated carbocycles. The summed E-state index contributed by atoms with van der Waals surface area (Å²) < 4.78 is 18.6. The maximum atomic E-state index is 13.4. The zero-order valence-corrected chi connectivity index (χ0v) is 10.8. The van der Waals surface area contributed by atoms with E-state index in [2.05, 4.69) is 5.32 Å². The molecule has 0 saturated heterocycles. The van der Waals surface area contributed by atoms with Gasteiger partial charge in [-0.2, -0.15) is 0 Å². The minimum Gasteiger partial charge on any atom is -0.496 e. The van der Waals surface area contributed by atoms with Crippen LogP contribution in [0.3, 0.4) is 0 Å². The Balaban J connectivity index is 2.13. The van der Waals surface area contributed by atoms with E-state index in [-0.39, 0.29) is 11.7 Å². The van der Waals surface area contributed by atoms with E-state index in [1.54, 1.807) is 19.3 Å². The van der Waals surface area contributed by atoms with Crippen LogP contribution in [0.15, 0.2) is 42.5 Å². The van der Waals surface area contributed by atoms with E-state index >= 15 is 0 Å². The summed E-state index contributed by atoms with van der Waals surface area (Å²) in [5.41, 5.74) is 2.40. The summed E-state index contributed by atoms with van der Waals surface area (Å²) >= 11 is 0. The number of anilines is 1. The van der Waals surface area contributed by atoms with Crippen molar-refractivity contribution in [3.8, 4) is 5.75 Å². The molecule has 0 atom stereocenters. The van der Waals surface area contributed by atoms with Crippen LogP contribution in [0.2, 0.25) is 0 Å². The number of methoxy groups -OCH3 is 1. The van der Waals surface area contributed by atoms with E-state index in [1.807, 2.05) is 24.3 Å². The largest absolute Gasteiger partial charge is 0.496 e. The molecule has 3 nitrogen and oxygen atoms in total. The molecule has 1 amide bonds. The van der Waals surface area contributed by atoms with Crippen molar-refractivity contribution < 1.29 is 13.9 Å². The maximum absolute atomic E-state index is 13.4. The van der Waals surface area contributed by atoms with Gasteiger partial charge in [0, 0.05) is 22.4 Å². The van der Waals surface area contributed by atoms with Crippen LogP contribution in [0.4, 0.5) is 10.1 Å². The molecule has 1 aliphatic heterocycles. The van der Waals surface area contributed by atoms with Crippen LogP contribution in [-0.4, -0.2) is 13.0 Å². The summed E-state index contributed by atoms with van der Waals surface area (Å²) in [6, 6.07) is 11.6. The monoisotopic (exact) mass is 269 g/mol. The van der Waals surface area contributed by atoms with E-state index in [4.69, 9.17) is 4.74 Å². The quantitative estimate of drug-likeness (QED) is 0.849. The molecule has 1 aliphatic rings. The maximum Gasteiger partial charge on any atom is 0.256 e. The Morgan fingerprint density at radius 1 is 1.20 bits per heavy atom. The van der Waals surface area contributed by atoms with Crippen LogP contribution in [0.25, 0.3) is 11.6 Å². The fourth-order valence-electron chi connectivity index (χ4n) is 2.24. The normalized spacial score (nSPS) is 15.1. The molecule has 0 aromatic heterocycles. The first-order valence-corrected chi connectivity index (χ1v) is 6.15. The molecule has 4 heteroatoms. The highest BCUT2D eigenvalue weighted by Crippen LogP contribution is 2.34. The van der Waals surface area contributed by atoms with E-state index in [9.17, 15) is 9.18 Å². The summed E-state index contributed by atoms with van der Waals surface area (Å²) in [5, 5.41) is 2.72. The first kappa shape index (κ1) is 12.4. The summed E-state index contributed by atoms with van der Waals surface area (Å²) in [6.07, 6.45) is 1.71. The molecule has 100 valence electrons. The van der Waals surface area contributed by atoms with Crippen molar-refractivity contribution in [2.45, 2.75) is 0 Å². The summed E-state index contributed by atoms with van der Waals surface area (Å²) in [7, 11) is 1.57. The predicted octanol–water partition coefficient (Wildman–Crippen LogP) is 3.33. The predicted molar refractivity (Wildman–Crippen MR) is 75.9 cm³/mol.